The van der Waals surface area contributed by atoms with E-state index in [4.69, 9.17) is 10.6 Å². The first-order valence-corrected chi connectivity index (χ1v) is 6.77. The Kier molecular flexibility index (Phi) is 4.59. The van der Waals surface area contributed by atoms with Crippen molar-refractivity contribution in [3.63, 3.8) is 0 Å². The third-order valence-electron chi connectivity index (χ3n) is 3.86. The summed E-state index contributed by atoms with van der Waals surface area (Å²) >= 11 is 0. The van der Waals surface area contributed by atoms with Crippen molar-refractivity contribution in [3.05, 3.63) is 46.5 Å². The number of ether oxygens (including phenoxy) is 1. The van der Waals surface area contributed by atoms with E-state index in [0.717, 1.165) is 17.0 Å². The Balaban J connectivity index is 2.37. The molecule has 6 heteroatoms. The van der Waals surface area contributed by atoms with E-state index < -0.39 is 0 Å². The maximum atomic E-state index is 14.4. The molecule has 5 nitrogen and oxygen atoms in total. The molecular formula is C15H21FN4O. The van der Waals surface area contributed by atoms with Crippen LogP contribution in [0.1, 0.15) is 28.6 Å². The zero-order chi connectivity index (χ0) is 15.6. The highest BCUT2D eigenvalue weighted by atomic mass is 19.1. The highest BCUT2D eigenvalue weighted by Gasteiger charge is 2.21. The number of aromatic nitrogens is 2. The van der Waals surface area contributed by atoms with Crippen LogP contribution >= 0.6 is 0 Å². The minimum absolute atomic E-state index is 0.215. The zero-order valence-corrected chi connectivity index (χ0v) is 12.8. The topological polar surface area (TPSA) is 65.1 Å². The van der Waals surface area contributed by atoms with Crippen LogP contribution < -0.4 is 16.0 Å². The summed E-state index contributed by atoms with van der Waals surface area (Å²) in [4.78, 5) is 0. The number of nitrogens with one attached hydrogen (secondary N) is 1. The Morgan fingerprint density at radius 3 is 2.67 bits per heavy atom. The van der Waals surface area contributed by atoms with Crippen molar-refractivity contribution in [1.29, 1.82) is 0 Å². The minimum Gasteiger partial charge on any atom is -0.494 e. The van der Waals surface area contributed by atoms with E-state index in [2.05, 4.69) is 10.5 Å². The lowest BCUT2D eigenvalue weighted by Crippen LogP contribution is -2.30. The molecule has 0 radical (unpaired) electrons. The molecule has 0 spiro atoms. The molecule has 0 aliphatic rings. The summed E-state index contributed by atoms with van der Waals surface area (Å²) in [5.41, 5.74) is 6.23. The fourth-order valence-corrected chi connectivity index (χ4v) is 2.53. The first-order chi connectivity index (χ1) is 9.99. The number of hydrogen-bond acceptors (Lipinski definition) is 4. The predicted octanol–water partition coefficient (Wildman–Crippen LogP) is 1.93. The summed E-state index contributed by atoms with van der Waals surface area (Å²) in [5.74, 6) is 5.46. The number of methoxy groups -OCH3 is 1. The Bertz CT molecular complexity index is 639. The molecule has 1 heterocycles. The van der Waals surface area contributed by atoms with Crippen molar-refractivity contribution in [2.45, 2.75) is 26.3 Å². The molecule has 2 aromatic rings. The van der Waals surface area contributed by atoms with Gasteiger partial charge in [-0.25, -0.2) is 4.39 Å². The minimum atomic E-state index is -0.387. The number of halogens is 1. The van der Waals surface area contributed by atoms with Gasteiger partial charge in [0.25, 0.3) is 0 Å². The van der Waals surface area contributed by atoms with Gasteiger partial charge in [-0.2, -0.15) is 5.10 Å². The normalized spacial score (nSPS) is 12.5. The molecule has 2 rings (SSSR count). The fraction of sp³-hybridized carbons (Fsp3) is 0.400. The largest absolute Gasteiger partial charge is 0.494 e. The maximum Gasteiger partial charge on any atom is 0.169 e. The molecule has 0 aliphatic carbocycles. The number of hydrazine groups is 1. The molecule has 114 valence electrons. The van der Waals surface area contributed by atoms with E-state index in [1.807, 2.05) is 25.6 Å². The Morgan fingerprint density at radius 1 is 1.43 bits per heavy atom. The number of hydrogen-bond donors (Lipinski definition) is 2. The number of nitrogens with two attached hydrogens (primary N) is 1. The van der Waals surface area contributed by atoms with E-state index in [0.29, 0.717) is 12.0 Å². The SMILES string of the molecule is COc1cccc(C(Cc2c(C)nn(C)c2C)NN)c1F. The highest BCUT2D eigenvalue weighted by molar-refractivity contribution is 5.35. The molecule has 21 heavy (non-hydrogen) atoms. The third kappa shape index (κ3) is 2.91. The predicted molar refractivity (Wildman–Crippen MR) is 79.4 cm³/mol. The molecular weight excluding hydrogens is 271 g/mol. The maximum absolute atomic E-state index is 14.4. The van der Waals surface area contributed by atoms with Gasteiger partial charge in [0, 0.05) is 18.3 Å². The number of rotatable bonds is 5. The quantitative estimate of drug-likeness (QED) is 0.653. The molecule has 1 unspecified atom stereocenters. The smallest absolute Gasteiger partial charge is 0.169 e. The summed E-state index contributed by atoms with van der Waals surface area (Å²) in [7, 11) is 3.34. The molecule has 0 fully saturated rings. The van der Waals surface area contributed by atoms with Crippen LogP contribution in [0.25, 0.3) is 0 Å². The first kappa shape index (κ1) is 15.5. The van der Waals surface area contributed by atoms with Crippen LogP contribution in [0.15, 0.2) is 18.2 Å². The van der Waals surface area contributed by atoms with Gasteiger partial charge in [-0.05, 0) is 31.9 Å². The van der Waals surface area contributed by atoms with Crippen LogP contribution in [0.5, 0.6) is 5.75 Å². The summed E-state index contributed by atoms with van der Waals surface area (Å²) in [5, 5.41) is 4.38. The van der Waals surface area contributed by atoms with Crippen molar-refractivity contribution in [2.24, 2.45) is 12.9 Å². The lowest BCUT2D eigenvalue weighted by molar-refractivity contribution is 0.379. The van der Waals surface area contributed by atoms with Gasteiger partial charge in [-0.15, -0.1) is 0 Å². The molecule has 0 amide bonds. The monoisotopic (exact) mass is 292 g/mol. The van der Waals surface area contributed by atoms with Gasteiger partial charge in [-0.3, -0.25) is 16.0 Å². The first-order valence-electron chi connectivity index (χ1n) is 6.77. The van der Waals surface area contributed by atoms with Gasteiger partial charge in [0.05, 0.1) is 18.8 Å². The average Bonchev–Trinajstić information content (AvgIpc) is 2.71. The molecule has 1 aromatic heterocycles. The Hall–Kier alpha value is -1.92. The second kappa shape index (κ2) is 6.24. The average molecular weight is 292 g/mol. The van der Waals surface area contributed by atoms with Crippen LogP contribution in [0.2, 0.25) is 0 Å². The van der Waals surface area contributed by atoms with Crippen LogP contribution in [0.3, 0.4) is 0 Å². The number of nitrogens with zero attached hydrogens (tertiary/aromatic N) is 2. The van der Waals surface area contributed by atoms with E-state index in [1.165, 1.54) is 7.11 Å². The molecule has 3 N–H and O–H groups in total. The Morgan fingerprint density at radius 2 is 2.14 bits per heavy atom. The lowest BCUT2D eigenvalue weighted by atomic mass is 9.97. The van der Waals surface area contributed by atoms with Crippen molar-refractivity contribution < 1.29 is 9.13 Å². The second-order valence-corrected chi connectivity index (χ2v) is 5.06. The van der Waals surface area contributed by atoms with Crippen LogP contribution in [0.4, 0.5) is 4.39 Å². The van der Waals surface area contributed by atoms with Crippen molar-refractivity contribution >= 4 is 0 Å². The van der Waals surface area contributed by atoms with Crippen molar-refractivity contribution in [3.8, 4) is 5.75 Å². The summed E-state index contributed by atoms with van der Waals surface area (Å²) in [6.07, 6.45) is 0.562. The van der Waals surface area contributed by atoms with Gasteiger partial charge >= 0.3 is 0 Å². The second-order valence-electron chi connectivity index (χ2n) is 5.06. The molecule has 0 aliphatic heterocycles. The van der Waals surface area contributed by atoms with Gasteiger partial charge in [0.2, 0.25) is 0 Å². The molecule has 0 saturated carbocycles. The summed E-state index contributed by atoms with van der Waals surface area (Å²) < 4.78 is 21.2. The molecule has 1 atom stereocenters. The van der Waals surface area contributed by atoms with Crippen LogP contribution in [0, 0.1) is 19.7 Å². The van der Waals surface area contributed by atoms with Crippen molar-refractivity contribution in [2.75, 3.05) is 7.11 Å². The van der Waals surface area contributed by atoms with E-state index in [-0.39, 0.29) is 17.6 Å². The molecule has 0 bridgehead atoms. The molecule has 1 aromatic carbocycles. The van der Waals surface area contributed by atoms with Gasteiger partial charge in [0.15, 0.2) is 11.6 Å². The van der Waals surface area contributed by atoms with E-state index in [1.54, 1.807) is 18.2 Å². The van der Waals surface area contributed by atoms with Gasteiger partial charge in [0.1, 0.15) is 0 Å². The van der Waals surface area contributed by atoms with Crippen LogP contribution in [-0.2, 0) is 13.5 Å². The van der Waals surface area contributed by atoms with Gasteiger partial charge < -0.3 is 4.74 Å². The number of aryl methyl sites for hydroxylation is 2. The van der Waals surface area contributed by atoms with Gasteiger partial charge in [-0.1, -0.05) is 12.1 Å². The van der Waals surface area contributed by atoms with Crippen LogP contribution in [-0.4, -0.2) is 16.9 Å². The number of benzene rings is 1. The van der Waals surface area contributed by atoms with Crippen molar-refractivity contribution in [1.82, 2.24) is 15.2 Å². The standard InChI is InChI=1S/C15H21FN4O/c1-9-12(10(2)20(3)19-9)8-13(18-17)11-6-5-7-14(21-4)15(11)16/h5-7,13,18H,8,17H2,1-4H3. The third-order valence-corrected chi connectivity index (χ3v) is 3.86. The molecule has 0 saturated heterocycles. The van der Waals surface area contributed by atoms with E-state index in [9.17, 15) is 4.39 Å². The lowest BCUT2D eigenvalue weighted by Gasteiger charge is -2.18. The highest BCUT2D eigenvalue weighted by Crippen LogP contribution is 2.28. The zero-order valence-electron chi connectivity index (χ0n) is 12.8. The summed E-state index contributed by atoms with van der Waals surface area (Å²) in [6.45, 7) is 3.93. The van der Waals surface area contributed by atoms with E-state index >= 15 is 0 Å². The fourth-order valence-electron chi connectivity index (χ4n) is 2.53. The Labute approximate surface area is 123 Å². The summed E-state index contributed by atoms with van der Waals surface area (Å²) in [6, 6.07) is 4.71.